The first-order valence-corrected chi connectivity index (χ1v) is 10.4. The van der Waals surface area contributed by atoms with Crippen molar-refractivity contribution < 1.29 is 27.4 Å². The van der Waals surface area contributed by atoms with Crippen molar-refractivity contribution >= 4 is 16.9 Å². The number of carbonyl (C=O) groups is 1. The number of hydrogen-bond donors (Lipinski definition) is 1. The Balaban J connectivity index is 1.79. The van der Waals surface area contributed by atoms with Crippen LogP contribution in [0, 0.1) is 0 Å². The predicted molar refractivity (Wildman–Crippen MR) is 121 cm³/mol. The number of amides is 1. The number of benzene rings is 1. The quantitative estimate of drug-likeness (QED) is 0.363. The van der Waals surface area contributed by atoms with Crippen LogP contribution < -0.4 is 10.1 Å². The van der Waals surface area contributed by atoms with Gasteiger partial charge in [-0.25, -0.2) is 9.67 Å². The average molecular weight is 486 g/mol. The maximum atomic E-state index is 12.5. The zero-order chi connectivity index (χ0) is 25.0. The third-order valence-electron chi connectivity index (χ3n) is 5.04. The minimum Gasteiger partial charge on any atom is -0.406 e. The molecule has 0 bridgehead atoms. The largest absolute Gasteiger partial charge is 0.573 e. The molecule has 4 rings (SSSR count). The lowest BCUT2D eigenvalue weighted by Crippen LogP contribution is -2.20. The van der Waals surface area contributed by atoms with Crippen LogP contribution in [-0.4, -0.2) is 50.5 Å². The van der Waals surface area contributed by atoms with Gasteiger partial charge in [0.1, 0.15) is 5.75 Å². The van der Waals surface area contributed by atoms with E-state index in [2.05, 4.69) is 31.8 Å². The fourth-order valence-electron chi connectivity index (χ4n) is 3.50. The second-order valence-corrected chi connectivity index (χ2v) is 7.36. The third-order valence-corrected chi connectivity index (χ3v) is 5.04. The summed E-state index contributed by atoms with van der Waals surface area (Å²) in [6.45, 7) is 4.60. The van der Waals surface area contributed by atoms with Crippen molar-refractivity contribution in [1.29, 1.82) is 0 Å². The van der Waals surface area contributed by atoms with Crippen molar-refractivity contribution in [3.63, 3.8) is 0 Å². The van der Waals surface area contributed by atoms with Crippen molar-refractivity contribution in [1.82, 2.24) is 29.9 Å². The molecular weight excluding hydrogens is 465 g/mol. The summed E-state index contributed by atoms with van der Waals surface area (Å²) >= 11 is 0. The van der Waals surface area contributed by atoms with Crippen LogP contribution in [0.25, 0.3) is 27.8 Å². The number of hydrogen-bond acceptors (Lipinski definition) is 6. The third kappa shape index (κ3) is 5.49. The molecule has 0 aliphatic heterocycles. The molecule has 0 fully saturated rings. The molecule has 0 atom stereocenters. The minimum absolute atomic E-state index is 0.0835. The molecule has 182 valence electrons. The van der Waals surface area contributed by atoms with Crippen molar-refractivity contribution in [3.05, 3.63) is 67.3 Å². The Morgan fingerprint density at radius 1 is 1.23 bits per heavy atom. The van der Waals surface area contributed by atoms with Gasteiger partial charge in [0, 0.05) is 25.1 Å². The number of rotatable bonds is 9. The van der Waals surface area contributed by atoms with E-state index >= 15 is 0 Å². The number of nitrogens with one attached hydrogen (secondary N) is 1. The highest BCUT2D eigenvalue weighted by Crippen LogP contribution is 2.32. The van der Waals surface area contributed by atoms with Gasteiger partial charge in [-0.3, -0.25) is 9.48 Å². The standard InChI is InChI=1S/C23H21F3N6O3/c1-3-20(33)28-13-19-21-18(15-12-29-31(14-15)10-11-34-2)8-9-27-22(21)32(30-19)16-4-6-17(7-5-16)35-23(24,25)26/h3-9,12,14H,1,10-11,13H2,2H3,(H,28,33). The van der Waals surface area contributed by atoms with Crippen molar-refractivity contribution in [3.8, 4) is 22.6 Å². The van der Waals surface area contributed by atoms with Crippen LogP contribution in [0.4, 0.5) is 13.2 Å². The van der Waals surface area contributed by atoms with Crippen LogP contribution in [0.1, 0.15) is 5.69 Å². The molecule has 0 saturated heterocycles. The molecule has 9 nitrogen and oxygen atoms in total. The lowest BCUT2D eigenvalue weighted by molar-refractivity contribution is -0.274. The Labute approximate surface area is 197 Å². The van der Waals surface area contributed by atoms with E-state index in [-0.39, 0.29) is 18.2 Å². The van der Waals surface area contributed by atoms with Gasteiger partial charge in [-0.1, -0.05) is 6.58 Å². The number of nitrogens with zero attached hydrogens (tertiary/aromatic N) is 5. The molecule has 1 amide bonds. The number of ether oxygens (including phenoxy) is 2. The average Bonchev–Trinajstić information content (AvgIpc) is 3.45. The number of carbonyl (C=O) groups excluding carboxylic acids is 1. The molecule has 0 saturated carbocycles. The molecule has 0 radical (unpaired) electrons. The maximum absolute atomic E-state index is 12.5. The topological polar surface area (TPSA) is 96.1 Å². The van der Waals surface area contributed by atoms with E-state index in [1.54, 1.807) is 24.2 Å². The van der Waals surface area contributed by atoms with Crippen LogP contribution in [0.5, 0.6) is 5.75 Å². The van der Waals surface area contributed by atoms with Gasteiger partial charge in [0.15, 0.2) is 5.65 Å². The second kappa shape index (κ2) is 9.97. The van der Waals surface area contributed by atoms with Gasteiger partial charge >= 0.3 is 6.36 Å². The molecule has 0 aliphatic rings. The summed E-state index contributed by atoms with van der Waals surface area (Å²) in [5, 5.41) is 12.3. The maximum Gasteiger partial charge on any atom is 0.573 e. The molecule has 0 unspecified atom stereocenters. The zero-order valence-electron chi connectivity index (χ0n) is 18.6. The summed E-state index contributed by atoms with van der Waals surface area (Å²) in [6.07, 6.45) is 1.53. The number of pyridine rings is 1. The van der Waals surface area contributed by atoms with Crippen LogP contribution in [0.3, 0.4) is 0 Å². The van der Waals surface area contributed by atoms with E-state index in [4.69, 9.17) is 4.74 Å². The smallest absolute Gasteiger partial charge is 0.406 e. The molecule has 0 spiro atoms. The van der Waals surface area contributed by atoms with Gasteiger partial charge < -0.3 is 14.8 Å². The summed E-state index contributed by atoms with van der Waals surface area (Å²) in [6, 6.07) is 7.08. The van der Waals surface area contributed by atoms with E-state index in [0.717, 1.165) is 17.2 Å². The summed E-state index contributed by atoms with van der Waals surface area (Å²) in [5.74, 6) is -0.729. The SMILES string of the molecule is C=CC(=O)NCc1nn(-c2ccc(OC(F)(F)F)cc2)c2nccc(-c3cnn(CCOC)c3)c12. The monoisotopic (exact) mass is 486 g/mol. The highest BCUT2D eigenvalue weighted by Gasteiger charge is 2.31. The van der Waals surface area contributed by atoms with E-state index in [1.165, 1.54) is 28.9 Å². The summed E-state index contributed by atoms with van der Waals surface area (Å²) in [5.41, 5.74) is 3.02. The number of alkyl halides is 3. The summed E-state index contributed by atoms with van der Waals surface area (Å²) in [4.78, 5) is 16.3. The van der Waals surface area contributed by atoms with Gasteiger partial charge in [-0.2, -0.15) is 10.2 Å². The molecule has 0 aliphatic carbocycles. The fraction of sp³-hybridized carbons (Fsp3) is 0.217. The predicted octanol–water partition coefficient (Wildman–Crippen LogP) is 3.63. The first-order valence-electron chi connectivity index (χ1n) is 10.4. The Morgan fingerprint density at radius 3 is 2.69 bits per heavy atom. The van der Waals surface area contributed by atoms with Gasteiger partial charge in [-0.15, -0.1) is 13.2 Å². The molecule has 4 aromatic rings. The van der Waals surface area contributed by atoms with E-state index in [1.807, 2.05) is 12.3 Å². The Hall–Kier alpha value is -4.19. The lowest BCUT2D eigenvalue weighted by atomic mass is 10.1. The fourth-order valence-corrected chi connectivity index (χ4v) is 3.50. The lowest BCUT2D eigenvalue weighted by Gasteiger charge is -2.09. The number of aromatic nitrogens is 5. The molecule has 1 N–H and O–H groups in total. The molecular formula is C23H21F3N6O3. The van der Waals surface area contributed by atoms with Crippen molar-refractivity contribution in [2.24, 2.45) is 0 Å². The molecule has 1 aromatic carbocycles. The van der Waals surface area contributed by atoms with Crippen molar-refractivity contribution in [2.45, 2.75) is 19.5 Å². The van der Waals surface area contributed by atoms with E-state index in [9.17, 15) is 18.0 Å². The summed E-state index contributed by atoms with van der Waals surface area (Å²) in [7, 11) is 1.61. The highest BCUT2D eigenvalue weighted by atomic mass is 19.4. The Morgan fingerprint density at radius 2 is 2.00 bits per heavy atom. The minimum atomic E-state index is -4.79. The molecule has 3 aromatic heterocycles. The summed E-state index contributed by atoms with van der Waals surface area (Å²) < 4.78 is 49.9. The second-order valence-electron chi connectivity index (χ2n) is 7.36. The highest BCUT2D eigenvalue weighted by molar-refractivity contribution is 5.95. The molecule has 35 heavy (non-hydrogen) atoms. The Kier molecular flexibility index (Phi) is 6.82. The first-order chi connectivity index (χ1) is 16.8. The Bertz CT molecular complexity index is 1350. The zero-order valence-corrected chi connectivity index (χ0v) is 18.6. The van der Waals surface area contributed by atoms with E-state index in [0.29, 0.717) is 35.6 Å². The van der Waals surface area contributed by atoms with Gasteiger partial charge in [0.25, 0.3) is 0 Å². The van der Waals surface area contributed by atoms with Gasteiger partial charge in [0.2, 0.25) is 5.91 Å². The van der Waals surface area contributed by atoms with Crippen LogP contribution in [0.2, 0.25) is 0 Å². The molecule has 12 heteroatoms. The van der Waals surface area contributed by atoms with Crippen LogP contribution in [0.15, 0.2) is 61.6 Å². The molecule has 3 heterocycles. The number of fused-ring (bicyclic) bond motifs is 1. The van der Waals surface area contributed by atoms with Gasteiger partial charge in [0.05, 0.1) is 42.7 Å². The normalized spacial score (nSPS) is 11.5. The van der Waals surface area contributed by atoms with E-state index < -0.39 is 6.36 Å². The van der Waals surface area contributed by atoms with Gasteiger partial charge in [-0.05, 0) is 42.0 Å². The first kappa shape index (κ1) is 24.0. The number of methoxy groups -OCH3 is 1. The van der Waals surface area contributed by atoms with Crippen LogP contribution >= 0.6 is 0 Å². The van der Waals surface area contributed by atoms with Crippen molar-refractivity contribution in [2.75, 3.05) is 13.7 Å². The number of halogens is 3. The van der Waals surface area contributed by atoms with Crippen LogP contribution in [-0.2, 0) is 22.6 Å².